The number of H-pyrrole nitrogens is 1. The molecule has 0 bridgehead atoms. The van der Waals surface area contributed by atoms with E-state index in [9.17, 15) is 0 Å². The first-order valence-corrected chi connectivity index (χ1v) is 7.25. The summed E-state index contributed by atoms with van der Waals surface area (Å²) in [5.74, 6) is 3.12. The van der Waals surface area contributed by atoms with E-state index in [1.807, 2.05) is 23.9 Å². The monoisotopic (exact) mass is 261 g/mol. The van der Waals surface area contributed by atoms with Gasteiger partial charge in [-0.15, -0.1) is 10.2 Å². The molecule has 94 valence electrons. The maximum absolute atomic E-state index is 4.00. The van der Waals surface area contributed by atoms with Crippen LogP contribution in [-0.4, -0.2) is 38.2 Å². The lowest BCUT2D eigenvalue weighted by atomic mass is 10.1. The van der Waals surface area contributed by atoms with E-state index < -0.39 is 0 Å². The molecule has 2 aromatic rings. The number of hydrogen-bond donors (Lipinski definition) is 2. The van der Waals surface area contributed by atoms with Gasteiger partial charge in [0.2, 0.25) is 5.82 Å². The quantitative estimate of drug-likeness (QED) is 0.886. The summed E-state index contributed by atoms with van der Waals surface area (Å²) in [7, 11) is 0. The van der Waals surface area contributed by atoms with Crippen LogP contribution in [0.3, 0.4) is 0 Å². The Morgan fingerprint density at radius 3 is 3.17 bits per heavy atom. The van der Waals surface area contributed by atoms with Crippen molar-refractivity contribution in [3.63, 3.8) is 0 Å². The molecule has 18 heavy (non-hydrogen) atoms. The number of hydrogen-bond acceptors (Lipinski definition) is 5. The summed E-state index contributed by atoms with van der Waals surface area (Å²) in [6, 6.07) is 8.74. The fraction of sp³-hybridized carbons (Fsp3) is 0.417. The van der Waals surface area contributed by atoms with Crippen LogP contribution < -0.4 is 5.32 Å². The molecule has 0 aliphatic carbocycles. The Hall–Kier alpha value is -1.56. The van der Waals surface area contributed by atoms with Crippen molar-refractivity contribution >= 4 is 17.4 Å². The molecular weight excluding hydrogens is 246 g/mol. The largest absolute Gasteiger partial charge is 0.381 e. The van der Waals surface area contributed by atoms with Crippen LogP contribution in [0.2, 0.25) is 0 Å². The van der Waals surface area contributed by atoms with Gasteiger partial charge in [-0.2, -0.15) is 17.0 Å². The lowest BCUT2D eigenvalue weighted by molar-refractivity contribution is 0.685. The van der Waals surface area contributed by atoms with Crippen molar-refractivity contribution in [1.82, 2.24) is 20.6 Å². The van der Waals surface area contributed by atoms with Crippen LogP contribution in [0.5, 0.6) is 0 Å². The third-order valence-corrected chi connectivity index (χ3v) is 4.21. The standard InChI is InChI=1S/C12H15N5S/c1-3-9(12-14-16-17-15-12)7-10(4-1)13-11-5-2-6-18-8-11/h1,3-4,7,11,13H,2,5-6,8H2,(H,14,15,16,17). The minimum absolute atomic E-state index is 0.573. The first-order chi connectivity index (χ1) is 8.92. The van der Waals surface area contributed by atoms with Gasteiger partial charge in [0, 0.05) is 23.0 Å². The Balaban J connectivity index is 1.74. The predicted molar refractivity (Wildman–Crippen MR) is 73.6 cm³/mol. The van der Waals surface area contributed by atoms with Gasteiger partial charge in [0.05, 0.1) is 0 Å². The zero-order valence-corrected chi connectivity index (χ0v) is 10.8. The Morgan fingerprint density at radius 1 is 1.39 bits per heavy atom. The van der Waals surface area contributed by atoms with Gasteiger partial charge in [-0.3, -0.25) is 0 Å². The van der Waals surface area contributed by atoms with E-state index in [1.165, 1.54) is 24.3 Å². The highest BCUT2D eigenvalue weighted by atomic mass is 32.2. The summed E-state index contributed by atoms with van der Waals surface area (Å²) in [5, 5.41) is 17.6. The smallest absolute Gasteiger partial charge is 0.204 e. The van der Waals surface area contributed by atoms with Crippen LogP contribution in [-0.2, 0) is 0 Å². The second-order valence-electron chi connectivity index (χ2n) is 4.37. The fourth-order valence-corrected chi connectivity index (χ4v) is 3.19. The number of rotatable bonds is 3. The molecule has 1 aliphatic heterocycles. The second kappa shape index (κ2) is 5.39. The number of aromatic nitrogens is 4. The van der Waals surface area contributed by atoms with Crippen LogP contribution in [0.25, 0.3) is 11.4 Å². The van der Waals surface area contributed by atoms with Gasteiger partial charge in [0.1, 0.15) is 0 Å². The van der Waals surface area contributed by atoms with E-state index in [1.54, 1.807) is 0 Å². The molecule has 1 atom stereocenters. The molecule has 1 aliphatic rings. The highest BCUT2D eigenvalue weighted by Gasteiger charge is 2.13. The third kappa shape index (κ3) is 2.64. The SMILES string of the molecule is c1cc(NC2CCCSC2)cc(-c2nn[nH]n2)c1. The number of nitrogens with zero attached hydrogens (tertiary/aromatic N) is 3. The summed E-state index contributed by atoms with van der Waals surface area (Å²) in [6.07, 6.45) is 2.55. The molecule has 0 amide bonds. The van der Waals surface area contributed by atoms with Crippen molar-refractivity contribution in [2.75, 3.05) is 16.8 Å². The summed E-state index contributed by atoms with van der Waals surface area (Å²) in [4.78, 5) is 0. The van der Waals surface area contributed by atoms with Crippen LogP contribution in [0.1, 0.15) is 12.8 Å². The van der Waals surface area contributed by atoms with Crippen LogP contribution in [0.15, 0.2) is 24.3 Å². The molecule has 0 radical (unpaired) electrons. The van der Waals surface area contributed by atoms with Crippen LogP contribution in [0, 0.1) is 0 Å². The topological polar surface area (TPSA) is 66.5 Å². The van der Waals surface area contributed by atoms with Gasteiger partial charge in [-0.05, 0) is 35.9 Å². The zero-order valence-electron chi connectivity index (χ0n) is 9.97. The lowest BCUT2D eigenvalue weighted by Crippen LogP contribution is -2.25. The van der Waals surface area contributed by atoms with Crippen LogP contribution >= 0.6 is 11.8 Å². The number of tetrazole rings is 1. The van der Waals surface area contributed by atoms with Crippen molar-refractivity contribution in [2.24, 2.45) is 0 Å². The van der Waals surface area contributed by atoms with Gasteiger partial charge in [0.15, 0.2) is 0 Å². The molecule has 6 heteroatoms. The third-order valence-electron chi connectivity index (χ3n) is 3.00. The molecule has 0 spiro atoms. The van der Waals surface area contributed by atoms with E-state index >= 15 is 0 Å². The van der Waals surface area contributed by atoms with Gasteiger partial charge in [0.25, 0.3) is 0 Å². The average molecular weight is 261 g/mol. The van der Waals surface area contributed by atoms with Crippen molar-refractivity contribution < 1.29 is 0 Å². The molecule has 2 heterocycles. The van der Waals surface area contributed by atoms with E-state index in [-0.39, 0.29) is 0 Å². The van der Waals surface area contributed by atoms with Crippen molar-refractivity contribution in [1.29, 1.82) is 0 Å². The highest BCUT2D eigenvalue weighted by molar-refractivity contribution is 7.99. The van der Waals surface area contributed by atoms with E-state index in [0.29, 0.717) is 11.9 Å². The normalized spacial score (nSPS) is 19.7. The zero-order chi connectivity index (χ0) is 12.2. The molecule has 1 unspecified atom stereocenters. The first-order valence-electron chi connectivity index (χ1n) is 6.10. The number of nitrogens with one attached hydrogen (secondary N) is 2. The van der Waals surface area contributed by atoms with Crippen molar-refractivity contribution in [2.45, 2.75) is 18.9 Å². The maximum atomic E-state index is 4.00. The Kier molecular flexibility index (Phi) is 3.45. The van der Waals surface area contributed by atoms with E-state index in [4.69, 9.17) is 0 Å². The maximum Gasteiger partial charge on any atom is 0.204 e. The molecule has 5 nitrogen and oxygen atoms in total. The van der Waals surface area contributed by atoms with E-state index in [2.05, 4.69) is 38.1 Å². The van der Waals surface area contributed by atoms with Gasteiger partial charge in [-0.1, -0.05) is 12.1 Å². The lowest BCUT2D eigenvalue weighted by Gasteiger charge is -2.23. The van der Waals surface area contributed by atoms with Gasteiger partial charge >= 0.3 is 0 Å². The van der Waals surface area contributed by atoms with Gasteiger partial charge in [-0.25, -0.2) is 0 Å². The average Bonchev–Trinajstić information content (AvgIpc) is 2.94. The highest BCUT2D eigenvalue weighted by Crippen LogP contribution is 2.23. The van der Waals surface area contributed by atoms with Crippen molar-refractivity contribution in [3.05, 3.63) is 24.3 Å². The Labute approximate surface area is 110 Å². The minimum atomic E-state index is 0.573. The van der Waals surface area contributed by atoms with Crippen molar-refractivity contribution in [3.8, 4) is 11.4 Å². The number of aromatic amines is 1. The number of benzene rings is 1. The fourth-order valence-electron chi connectivity index (χ4n) is 2.12. The second-order valence-corrected chi connectivity index (χ2v) is 5.52. The molecule has 3 rings (SSSR count). The number of anilines is 1. The summed E-state index contributed by atoms with van der Waals surface area (Å²) >= 11 is 2.02. The Bertz CT molecular complexity index is 493. The molecule has 1 aromatic heterocycles. The van der Waals surface area contributed by atoms with Crippen LogP contribution in [0.4, 0.5) is 5.69 Å². The van der Waals surface area contributed by atoms with Gasteiger partial charge < -0.3 is 5.32 Å². The molecule has 1 aromatic carbocycles. The van der Waals surface area contributed by atoms with E-state index in [0.717, 1.165) is 11.3 Å². The minimum Gasteiger partial charge on any atom is -0.381 e. The molecule has 2 N–H and O–H groups in total. The summed E-state index contributed by atoms with van der Waals surface area (Å²) < 4.78 is 0. The predicted octanol–water partition coefficient (Wildman–Crippen LogP) is 2.17. The molecule has 1 saturated heterocycles. The molecule has 1 fully saturated rings. The summed E-state index contributed by atoms with van der Waals surface area (Å²) in [5.41, 5.74) is 2.11. The Morgan fingerprint density at radius 2 is 2.39 bits per heavy atom. The summed E-state index contributed by atoms with van der Waals surface area (Å²) in [6.45, 7) is 0. The number of thioether (sulfide) groups is 1. The molecule has 0 saturated carbocycles. The first kappa shape index (κ1) is 11.5. The molecular formula is C12H15N5S.